The van der Waals surface area contributed by atoms with Crippen molar-refractivity contribution in [3.8, 4) is 11.3 Å². The maximum Gasteiger partial charge on any atom is 0.0880 e. The molecular weight excluding hydrogens is 406 g/mol. The molecule has 2 heterocycles. The second-order valence-corrected chi connectivity index (χ2v) is 11.5. The molecule has 0 unspecified atom stereocenters. The van der Waals surface area contributed by atoms with E-state index in [0.29, 0.717) is 5.92 Å². The highest BCUT2D eigenvalue weighted by Gasteiger charge is 2.20. The fraction of sp³-hybridized carbons (Fsp3) is 0.300. The van der Waals surface area contributed by atoms with Gasteiger partial charge in [-0.15, -0.1) is 11.3 Å². The van der Waals surface area contributed by atoms with Gasteiger partial charge in [0, 0.05) is 27.2 Å². The topological polar surface area (TPSA) is 12.9 Å². The van der Waals surface area contributed by atoms with Crippen molar-refractivity contribution in [3.63, 3.8) is 0 Å². The monoisotopic (exact) mass is 437 g/mol. The molecule has 0 saturated carbocycles. The Hall–Kier alpha value is -2.71. The first-order chi connectivity index (χ1) is 15.2. The molecule has 0 saturated heterocycles. The lowest BCUT2D eigenvalue weighted by Gasteiger charge is -2.22. The van der Waals surface area contributed by atoms with Gasteiger partial charge in [0.2, 0.25) is 0 Å². The van der Waals surface area contributed by atoms with Gasteiger partial charge >= 0.3 is 0 Å². The zero-order valence-corrected chi connectivity index (χ0v) is 20.7. The fourth-order valence-electron chi connectivity index (χ4n) is 4.88. The van der Waals surface area contributed by atoms with Crippen LogP contribution in [0.25, 0.3) is 42.2 Å². The van der Waals surface area contributed by atoms with Crippen LogP contribution in [-0.2, 0) is 11.8 Å². The number of aryl methyl sites for hydroxylation is 1. The number of fused-ring (bicyclic) bond motifs is 4. The lowest BCUT2D eigenvalue weighted by molar-refractivity contribution is 0.596. The lowest BCUT2D eigenvalue weighted by Crippen LogP contribution is -2.12. The summed E-state index contributed by atoms with van der Waals surface area (Å²) in [5.74, 6) is 0.658. The molecular formula is C30H31NS. The molecule has 0 radical (unpaired) electrons. The Bertz CT molecular complexity index is 1460. The molecule has 2 heteroatoms. The minimum atomic E-state index is 0.0615. The number of benzene rings is 3. The van der Waals surface area contributed by atoms with Crippen molar-refractivity contribution in [3.05, 3.63) is 77.5 Å². The van der Waals surface area contributed by atoms with Crippen molar-refractivity contribution in [1.82, 2.24) is 4.98 Å². The summed E-state index contributed by atoms with van der Waals surface area (Å²) in [5.41, 5.74) is 6.65. The van der Waals surface area contributed by atoms with Crippen molar-refractivity contribution in [1.29, 1.82) is 0 Å². The summed E-state index contributed by atoms with van der Waals surface area (Å²) in [6, 6.07) is 20.3. The second kappa shape index (κ2) is 7.71. The van der Waals surface area contributed by atoms with Crippen LogP contribution < -0.4 is 0 Å². The minimum Gasteiger partial charge on any atom is -0.255 e. The molecule has 0 amide bonds. The molecule has 0 atom stereocenters. The molecule has 32 heavy (non-hydrogen) atoms. The van der Waals surface area contributed by atoms with Crippen LogP contribution in [-0.4, -0.2) is 4.98 Å². The highest BCUT2D eigenvalue weighted by Crippen LogP contribution is 2.42. The Morgan fingerprint density at radius 3 is 2.38 bits per heavy atom. The molecule has 2 aromatic heterocycles. The van der Waals surface area contributed by atoms with Gasteiger partial charge < -0.3 is 0 Å². The Morgan fingerprint density at radius 1 is 0.875 bits per heavy atom. The Kier molecular flexibility index (Phi) is 5.09. The molecule has 162 valence electrons. The van der Waals surface area contributed by atoms with Crippen LogP contribution in [0.3, 0.4) is 0 Å². The summed E-state index contributed by atoms with van der Waals surface area (Å²) in [5, 5.41) is 5.29. The number of nitrogens with zero attached hydrogens (tertiary/aromatic N) is 1. The van der Waals surface area contributed by atoms with Crippen LogP contribution in [0.1, 0.15) is 51.3 Å². The maximum atomic E-state index is 4.91. The highest BCUT2D eigenvalue weighted by molar-refractivity contribution is 7.26. The average molecular weight is 438 g/mol. The third kappa shape index (κ3) is 3.51. The van der Waals surface area contributed by atoms with Crippen molar-refractivity contribution in [2.24, 2.45) is 5.92 Å². The predicted octanol–water partition coefficient (Wildman–Crippen LogP) is 9.07. The molecule has 0 aliphatic heterocycles. The first-order valence-corrected chi connectivity index (χ1v) is 12.4. The van der Waals surface area contributed by atoms with Crippen LogP contribution in [0.2, 0.25) is 0 Å². The summed E-state index contributed by atoms with van der Waals surface area (Å²) in [4.78, 5) is 4.91. The SMILES string of the molecule is Cc1c(CC(C)C)ccc2c1sc1c(-c3cc(C(C)(C)C)c4ccccc4c3)nccc12. The van der Waals surface area contributed by atoms with E-state index in [0.717, 1.165) is 12.1 Å². The summed E-state index contributed by atoms with van der Waals surface area (Å²) in [6.45, 7) is 13.8. The average Bonchev–Trinajstić information content (AvgIpc) is 3.13. The Morgan fingerprint density at radius 2 is 1.62 bits per heavy atom. The largest absolute Gasteiger partial charge is 0.255 e. The van der Waals surface area contributed by atoms with E-state index in [2.05, 4.69) is 96.1 Å². The lowest BCUT2D eigenvalue weighted by atomic mass is 9.82. The molecule has 0 aliphatic rings. The predicted molar refractivity (Wildman–Crippen MR) is 142 cm³/mol. The van der Waals surface area contributed by atoms with Crippen LogP contribution in [0.5, 0.6) is 0 Å². The first kappa shape index (κ1) is 21.2. The van der Waals surface area contributed by atoms with Crippen LogP contribution in [0.15, 0.2) is 60.8 Å². The zero-order chi connectivity index (χ0) is 22.6. The number of rotatable bonds is 3. The van der Waals surface area contributed by atoms with Gasteiger partial charge in [0.05, 0.1) is 10.4 Å². The zero-order valence-electron chi connectivity index (χ0n) is 19.9. The molecule has 3 aromatic carbocycles. The number of hydrogen-bond acceptors (Lipinski definition) is 2. The van der Waals surface area contributed by atoms with Gasteiger partial charge in [0.25, 0.3) is 0 Å². The second-order valence-electron chi connectivity index (χ2n) is 10.5. The quantitative estimate of drug-likeness (QED) is 0.274. The molecule has 5 aromatic rings. The number of thiophene rings is 1. The van der Waals surface area contributed by atoms with Gasteiger partial charge in [-0.05, 0) is 70.3 Å². The first-order valence-electron chi connectivity index (χ1n) is 11.6. The summed E-state index contributed by atoms with van der Waals surface area (Å²) in [7, 11) is 0. The molecule has 0 spiro atoms. The van der Waals surface area contributed by atoms with Gasteiger partial charge in [0.15, 0.2) is 0 Å². The standard InChI is InChI=1S/C30H31NS/c1-18(2)15-20-11-12-24-25-13-14-31-27(29(25)32-28(24)19(20)3)22-16-21-9-7-8-10-23(21)26(17-22)30(4,5)6/h7-14,16-18H,15H2,1-6H3. The van der Waals surface area contributed by atoms with Crippen LogP contribution in [0, 0.1) is 12.8 Å². The van der Waals surface area contributed by atoms with Crippen LogP contribution >= 0.6 is 11.3 Å². The van der Waals surface area contributed by atoms with Crippen molar-refractivity contribution < 1.29 is 0 Å². The highest BCUT2D eigenvalue weighted by atomic mass is 32.1. The van der Waals surface area contributed by atoms with E-state index in [-0.39, 0.29) is 5.41 Å². The smallest absolute Gasteiger partial charge is 0.0880 e. The molecule has 5 rings (SSSR count). The van der Waals surface area contributed by atoms with Crippen molar-refractivity contribution >= 4 is 42.3 Å². The Labute approximate surface area is 195 Å². The van der Waals surface area contributed by atoms with E-state index in [1.807, 2.05) is 17.5 Å². The third-order valence-corrected chi connectivity index (χ3v) is 7.84. The summed E-state index contributed by atoms with van der Waals surface area (Å²) in [6.07, 6.45) is 3.11. The minimum absolute atomic E-state index is 0.0615. The van der Waals surface area contributed by atoms with E-state index in [9.17, 15) is 0 Å². The van der Waals surface area contributed by atoms with E-state index >= 15 is 0 Å². The van der Waals surface area contributed by atoms with Gasteiger partial charge in [-0.3, -0.25) is 4.98 Å². The van der Waals surface area contributed by atoms with Crippen molar-refractivity contribution in [2.75, 3.05) is 0 Å². The molecule has 0 fully saturated rings. The maximum absolute atomic E-state index is 4.91. The molecule has 1 nitrogen and oxygen atoms in total. The molecule has 0 N–H and O–H groups in total. The van der Waals surface area contributed by atoms with E-state index < -0.39 is 0 Å². The van der Waals surface area contributed by atoms with Gasteiger partial charge in [-0.25, -0.2) is 0 Å². The van der Waals surface area contributed by atoms with Gasteiger partial charge in [-0.2, -0.15) is 0 Å². The molecule has 0 aliphatic carbocycles. The van der Waals surface area contributed by atoms with E-state index in [1.54, 1.807) is 0 Å². The van der Waals surface area contributed by atoms with Crippen LogP contribution in [0.4, 0.5) is 0 Å². The summed E-state index contributed by atoms with van der Waals surface area (Å²) >= 11 is 1.91. The van der Waals surface area contributed by atoms with Gasteiger partial charge in [0.1, 0.15) is 0 Å². The molecule has 0 bridgehead atoms. The normalized spacial score (nSPS) is 12.5. The third-order valence-electron chi connectivity index (χ3n) is 6.49. The summed E-state index contributed by atoms with van der Waals surface area (Å²) < 4.78 is 2.70. The van der Waals surface area contributed by atoms with Crippen molar-refractivity contribution in [2.45, 2.75) is 53.4 Å². The van der Waals surface area contributed by atoms with E-state index in [1.165, 1.54) is 53.2 Å². The van der Waals surface area contributed by atoms with E-state index in [4.69, 9.17) is 4.98 Å². The fourth-order valence-corrected chi connectivity index (χ4v) is 6.21. The number of pyridine rings is 1. The number of aromatic nitrogens is 1. The Balaban J connectivity index is 1.79. The van der Waals surface area contributed by atoms with Gasteiger partial charge in [-0.1, -0.05) is 71.0 Å². The number of hydrogen-bond donors (Lipinski definition) is 0.